The molecular weight excluding hydrogens is 542 g/mol. The number of benzene rings is 3. The predicted molar refractivity (Wildman–Crippen MR) is 160 cm³/mol. The Morgan fingerprint density at radius 3 is 2.48 bits per heavy atom. The minimum Gasteiger partial charge on any atom is -0.489 e. The fourth-order valence-corrected chi connectivity index (χ4v) is 6.00. The van der Waals surface area contributed by atoms with Gasteiger partial charge in [0.2, 0.25) is 0 Å². The summed E-state index contributed by atoms with van der Waals surface area (Å²) in [6, 6.07) is 24.3. The van der Waals surface area contributed by atoms with Crippen LogP contribution in [0.2, 0.25) is 5.02 Å². The molecule has 4 aromatic rings. The highest BCUT2D eigenvalue weighted by Crippen LogP contribution is 2.31. The van der Waals surface area contributed by atoms with Gasteiger partial charge >= 0.3 is 0 Å². The normalized spacial score (nSPS) is 15.0. The van der Waals surface area contributed by atoms with E-state index >= 15 is 0 Å². The van der Waals surface area contributed by atoms with Crippen molar-refractivity contribution in [2.75, 3.05) is 13.1 Å². The predicted octanol–water partition coefficient (Wildman–Crippen LogP) is 5.34. The van der Waals surface area contributed by atoms with E-state index in [1.807, 2.05) is 93.6 Å². The van der Waals surface area contributed by atoms with Gasteiger partial charge in [0.15, 0.2) is 4.80 Å². The minimum atomic E-state index is -0.607. The van der Waals surface area contributed by atoms with E-state index < -0.39 is 6.04 Å². The molecule has 8 heteroatoms. The maximum Gasteiger partial charge on any atom is 0.271 e. The number of halogens is 1. The molecule has 1 aromatic heterocycles. The molecule has 0 radical (unpaired) electrons. The Hall–Kier alpha value is -3.94. The van der Waals surface area contributed by atoms with Gasteiger partial charge < -0.3 is 9.64 Å². The maximum absolute atomic E-state index is 13.9. The zero-order chi connectivity index (χ0) is 28.2. The molecule has 0 fully saturated rings. The molecule has 1 aliphatic heterocycles. The number of carbonyl (C=O) groups is 1. The molecule has 3 aromatic carbocycles. The van der Waals surface area contributed by atoms with Gasteiger partial charge in [-0.15, -0.1) is 0 Å². The smallest absolute Gasteiger partial charge is 0.271 e. The lowest BCUT2D eigenvalue weighted by Crippen LogP contribution is -2.43. The lowest BCUT2D eigenvalue weighted by Gasteiger charge is -2.29. The Labute approximate surface area is 242 Å². The van der Waals surface area contributed by atoms with E-state index in [4.69, 9.17) is 21.3 Å². The van der Waals surface area contributed by atoms with Crippen LogP contribution in [0.3, 0.4) is 0 Å². The average molecular weight is 572 g/mol. The summed E-state index contributed by atoms with van der Waals surface area (Å²) in [5, 5.41) is 0.586. The van der Waals surface area contributed by atoms with Crippen molar-refractivity contribution < 1.29 is 9.53 Å². The van der Waals surface area contributed by atoms with Crippen molar-refractivity contribution in [3.63, 3.8) is 0 Å². The van der Waals surface area contributed by atoms with Gasteiger partial charge in [0.25, 0.3) is 11.5 Å². The third-order valence-electron chi connectivity index (χ3n) is 6.89. The molecule has 1 amide bonds. The number of fused-ring (bicyclic) bond motifs is 1. The first kappa shape index (κ1) is 27.6. The monoisotopic (exact) mass is 571 g/mol. The molecule has 0 aliphatic carbocycles. The lowest BCUT2D eigenvalue weighted by atomic mass is 9.94. The van der Waals surface area contributed by atoms with Crippen LogP contribution in [0.4, 0.5) is 0 Å². The number of likely N-dealkylation sites (N-methyl/N-ethyl adjacent to an activating group) is 1. The highest BCUT2D eigenvalue weighted by Gasteiger charge is 2.34. The SMILES string of the molecule is CCN(CC)C(=O)C1=C(C)N=c2s/c(=C/c3cccc(OCc4ccccc4)c3)c(=O)n2[C@@H]1c1ccc(Cl)cc1. The Morgan fingerprint density at radius 2 is 1.77 bits per heavy atom. The van der Waals surface area contributed by atoms with Crippen LogP contribution in [0.1, 0.15) is 43.5 Å². The minimum absolute atomic E-state index is 0.122. The van der Waals surface area contributed by atoms with Gasteiger partial charge in [0, 0.05) is 18.1 Å². The van der Waals surface area contributed by atoms with Crippen molar-refractivity contribution in [3.8, 4) is 5.75 Å². The Balaban J connectivity index is 1.57. The Kier molecular flexibility index (Phi) is 8.33. The molecule has 0 saturated carbocycles. The van der Waals surface area contributed by atoms with Gasteiger partial charge in [-0.3, -0.25) is 14.2 Å². The molecule has 2 heterocycles. The lowest BCUT2D eigenvalue weighted by molar-refractivity contribution is -0.127. The van der Waals surface area contributed by atoms with Crippen LogP contribution in [0.5, 0.6) is 5.75 Å². The van der Waals surface area contributed by atoms with Crippen molar-refractivity contribution >= 4 is 34.9 Å². The fourth-order valence-electron chi connectivity index (χ4n) is 4.82. The van der Waals surface area contributed by atoms with E-state index in [9.17, 15) is 9.59 Å². The summed E-state index contributed by atoms with van der Waals surface area (Å²) in [7, 11) is 0. The van der Waals surface area contributed by atoms with Gasteiger partial charge in [0.1, 0.15) is 12.4 Å². The second-order valence-electron chi connectivity index (χ2n) is 9.46. The van der Waals surface area contributed by atoms with Gasteiger partial charge in [-0.25, -0.2) is 4.99 Å². The first-order valence-electron chi connectivity index (χ1n) is 13.2. The Bertz CT molecular complexity index is 1740. The average Bonchev–Trinajstić information content (AvgIpc) is 3.27. The second kappa shape index (κ2) is 12.1. The summed E-state index contributed by atoms with van der Waals surface area (Å²) in [6.45, 7) is 7.31. The standard InChI is InChI=1S/C32H30ClN3O3S/c1-4-35(5-2)31(38)28-21(3)34-32-36(29(28)24-14-16-25(33)17-15-24)30(37)27(40-32)19-23-12-9-13-26(18-23)39-20-22-10-7-6-8-11-22/h6-19,29H,4-5,20H2,1-3H3/b27-19+/t29-/m1/s1. The van der Waals surface area contributed by atoms with E-state index in [1.54, 1.807) is 21.6 Å². The first-order chi connectivity index (χ1) is 19.4. The number of amides is 1. The topological polar surface area (TPSA) is 63.9 Å². The van der Waals surface area contributed by atoms with Crippen LogP contribution in [0, 0.1) is 0 Å². The highest BCUT2D eigenvalue weighted by atomic mass is 35.5. The van der Waals surface area contributed by atoms with Crippen LogP contribution < -0.4 is 19.6 Å². The number of ether oxygens (including phenoxy) is 1. The zero-order valence-electron chi connectivity index (χ0n) is 22.6. The number of carbonyl (C=O) groups excluding carboxylic acids is 1. The summed E-state index contributed by atoms with van der Waals surface area (Å²) >= 11 is 7.50. The molecule has 0 bridgehead atoms. The quantitative estimate of drug-likeness (QED) is 0.287. The number of rotatable bonds is 8. The van der Waals surface area contributed by atoms with Crippen molar-refractivity contribution in [3.05, 3.63) is 132 Å². The van der Waals surface area contributed by atoms with E-state index in [2.05, 4.69) is 0 Å². The van der Waals surface area contributed by atoms with E-state index in [1.165, 1.54) is 11.3 Å². The van der Waals surface area contributed by atoms with Crippen LogP contribution in [0.15, 0.2) is 99.9 Å². The van der Waals surface area contributed by atoms with Gasteiger partial charge in [-0.1, -0.05) is 77.5 Å². The summed E-state index contributed by atoms with van der Waals surface area (Å²) in [4.78, 5) is 34.7. The largest absolute Gasteiger partial charge is 0.489 e. The zero-order valence-corrected chi connectivity index (χ0v) is 24.2. The summed E-state index contributed by atoms with van der Waals surface area (Å²) in [5.74, 6) is 0.594. The summed E-state index contributed by atoms with van der Waals surface area (Å²) < 4.78 is 8.15. The first-order valence-corrected chi connectivity index (χ1v) is 14.4. The van der Waals surface area contributed by atoms with E-state index in [0.717, 1.165) is 16.7 Å². The van der Waals surface area contributed by atoms with Crippen LogP contribution in [-0.2, 0) is 11.4 Å². The van der Waals surface area contributed by atoms with E-state index in [0.29, 0.717) is 51.1 Å². The van der Waals surface area contributed by atoms with Crippen LogP contribution >= 0.6 is 22.9 Å². The molecule has 204 valence electrons. The second-order valence-corrected chi connectivity index (χ2v) is 10.9. The van der Waals surface area contributed by atoms with Crippen molar-refractivity contribution in [2.45, 2.75) is 33.4 Å². The molecule has 1 aliphatic rings. The summed E-state index contributed by atoms with van der Waals surface area (Å²) in [5.41, 5.74) is 3.64. The third kappa shape index (κ3) is 5.67. The number of nitrogens with zero attached hydrogens (tertiary/aromatic N) is 3. The van der Waals surface area contributed by atoms with E-state index in [-0.39, 0.29) is 11.5 Å². The summed E-state index contributed by atoms with van der Waals surface area (Å²) in [6.07, 6.45) is 1.85. The molecule has 1 atom stereocenters. The molecule has 0 N–H and O–H groups in total. The molecule has 0 unspecified atom stereocenters. The van der Waals surface area contributed by atoms with Gasteiger partial charge in [-0.2, -0.15) is 0 Å². The van der Waals surface area contributed by atoms with Gasteiger partial charge in [-0.05, 0) is 67.8 Å². The van der Waals surface area contributed by atoms with Crippen LogP contribution in [0.25, 0.3) is 6.08 Å². The number of thiazole rings is 1. The molecule has 0 spiro atoms. The number of aromatic nitrogens is 1. The van der Waals surface area contributed by atoms with Crippen molar-refractivity contribution in [1.82, 2.24) is 9.47 Å². The number of hydrogen-bond donors (Lipinski definition) is 0. The maximum atomic E-state index is 13.9. The van der Waals surface area contributed by atoms with Gasteiger partial charge in [0.05, 0.1) is 21.8 Å². The molecule has 0 saturated heterocycles. The van der Waals surface area contributed by atoms with Crippen molar-refractivity contribution in [2.24, 2.45) is 4.99 Å². The third-order valence-corrected chi connectivity index (χ3v) is 8.13. The Morgan fingerprint density at radius 1 is 1.05 bits per heavy atom. The number of hydrogen-bond acceptors (Lipinski definition) is 5. The molecule has 6 nitrogen and oxygen atoms in total. The molecule has 5 rings (SSSR count). The molecule has 40 heavy (non-hydrogen) atoms. The molecular formula is C32H30ClN3O3S. The highest BCUT2D eigenvalue weighted by molar-refractivity contribution is 7.07. The van der Waals surface area contributed by atoms with Crippen LogP contribution in [-0.4, -0.2) is 28.5 Å². The van der Waals surface area contributed by atoms with Crippen molar-refractivity contribution in [1.29, 1.82) is 0 Å². The number of allylic oxidation sites excluding steroid dienone is 1. The fraction of sp³-hybridized carbons (Fsp3) is 0.219.